The van der Waals surface area contributed by atoms with Crippen molar-refractivity contribution < 1.29 is 0 Å². The summed E-state index contributed by atoms with van der Waals surface area (Å²) in [7, 11) is 0. The normalized spacial score (nSPS) is 10.5. The van der Waals surface area contributed by atoms with Gasteiger partial charge in [-0.15, -0.1) is 0 Å². The molecule has 22 heavy (non-hydrogen) atoms. The molecule has 0 saturated heterocycles. The van der Waals surface area contributed by atoms with Gasteiger partial charge in [-0.3, -0.25) is 0 Å². The van der Waals surface area contributed by atoms with E-state index in [4.69, 9.17) is 0 Å². The predicted octanol–water partition coefficient (Wildman–Crippen LogP) is 4.92. The molecule has 1 aromatic carbocycles. The van der Waals surface area contributed by atoms with Crippen LogP contribution in [0, 0.1) is 6.92 Å². The van der Waals surface area contributed by atoms with Crippen molar-refractivity contribution in [2.24, 2.45) is 0 Å². The summed E-state index contributed by atoms with van der Waals surface area (Å²) in [6, 6.07) is 10.1. The molecule has 0 aliphatic heterocycles. The summed E-state index contributed by atoms with van der Waals surface area (Å²) in [5, 5.41) is 3.37. The molecule has 1 aromatic heterocycles. The van der Waals surface area contributed by atoms with Gasteiger partial charge in [-0.05, 0) is 47.8 Å². The summed E-state index contributed by atoms with van der Waals surface area (Å²) < 4.78 is 1.02. The van der Waals surface area contributed by atoms with E-state index in [1.807, 2.05) is 37.3 Å². The van der Waals surface area contributed by atoms with Gasteiger partial charge in [0.25, 0.3) is 0 Å². The lowest BCUT2D eigenvalue weighted by molar-refractivity contribution is 0.730. The van der Waals surface area contributed by atoms with Gasteiger partial charge in [0.2, 0.25) is 0 Å². The molecule has 5 heteroatoms. The summed E-state index contributed by atoms with van der Waals surface area (Å²) >= 11 is 3.55. The second kappa shape index (κ2) is 8.13. The SMILES string of the molecule is CCCN(CCC)c1cc(Nc2ccccc2Br)nc(C)n1. The van der Waals surface area contributed by atoms with Gasteiger partial charge in [0.15, 0.2) is 0 Å². The number of halogens is 1. The van der Waals surface area contributed by atoms with Crippen LogP contribution in [0.1, 0.15) is 32.5 Å². The van der Waals surface area contributed by atoms with E-state index in [1.54, 1.807) is 0 Å². The third-order valence-corrected chi connectivity index (χ3v) is 3.96. The minimum Gasteiger partial charge on any atom is -0.356 e. The van der Waals surface area contributed by atoms with E-state index in [2.05, 4.69) is 50.0 Å². The topological polar surface area (TPSA) is 41.0 Å². The van der Waals surface area contributed by atoms with E-state index in [0.717, 1.165) is 53.6 Å². The van der Waals surface area contributed by atoms with Crippen molar-refractivity contribution in [2.45, 2.75) is 33.6 Å². The Kier molecular flexibility index (Phi) is 6.19. The molecule has 0 spiro atoms. The summed E-state index contributed by atoms with van der Waals surface area (Å²) in [5.41, 5.74) is 1.00. The molecule has 2 rings (SSSR count). The molecule has 0 radical (unpaired) electrons. The Balaban J connectivity index is 2.27. The molecular formula is C17H23BrN4. The van der Waals surface area contributed by atoms with E-state index >= 15 is 0 Å². The Morgan fingerprint density at radius 1 is 1.09 bits per heavy atom. The largest absolute Gasteiger partial charge is 0.356 e. The van der Waals surface area contributed by atoms with Crippen molar-refractivity contribution in [3.8, 4) is 0 Å². The van der Waals surface area contributed by atoms with Gasteiger partial charge in [0.1, 0.15) is 17.5 Å². The molecular weight excluding hydrogens is 340 g/mol. The molecule has 0 fully saturated rings. The maximum Gasteiger partial charge on any atom is 0.136 e. The number of nitrogens with one attached hydrogen (secondary N) is 1. The first-order valence-electron chi connectivity index (χ1n) is 7.76. The molecule has 0 atom stereocenters. The second-order valence-electron chi connectivity index (χ2n) is 5.25. The van der Waals surface area contributed by atoms with Crippen LogP contribution in [-0.2, 0) is 0 Å². The first kappa shape index (κ1) is 16.7. The van der Waals surface area contributed by atoms with Gasteiger partial charge in [-0.2, -0.15) is 0 Å². The van der Waals surface area contributed by atoms with Crippen LogP contribution in [0.15, 0.2) is 34.8 Å². The van der Waals surface area contributed by atoms with Crippen LogP contribution in [0.25, 0.3) is 0 Å². The van der Waals surface area contributed by atoms with Crippen LogP contribution in [0.4, 0.5) is 17.3 Å². The first-order valence-corrected chi connectivity index (χ1v) is 8.55. The molecule has 118 valence electrons. The number of benzene rings is 1. The standard InChI is InChI=1S/C17H23BrN4/c1-4-10-22(11-5-2)17-12-16(19-13(3)20-17)21-15-9-7-6-8-14(15)18/h6-9,12H,4-5,10-11H2,1-3H3,(H,19,20,21). The highest BCUT2D eigenvalue weighted by molar-refractivity contribution is 9.10. The zero-order valence-corrected chi connectivity index (χ0v) is 15.0. The quantitative estimate of drug-likeness (QED) is 0.758. The Hall–Kier alpha value is -1.62. The maximum atomic E-state index is 4.60. The Labute approximate surface area is 141 Å². The van der Waals surface area contributed by atoms with Crippen molar-refractivity contribution in [2.75, 3.05) is 23.3 Å². The molecule has 0 saturated carbocycles. The molecule has 0 bridgehead atoms. The van der Waals surface area contributed by atoms with Gasteiger partial charge in [0.05, 0.1) is 5.69 Å². The lowest BCUT2D eigenvalue weighted by atomic mass is 10.3. The summed E-state index contributed by atoms with van der Waals surface area (Å²) in [6.07, 6.45) is 2.21. The van der Waals surface area contributed by atoms with Gasteiger partial charge < -0.3 is 10.2 Å². The van der Waals surface area contributed by atoms with Crippen molar-refractivity contribution in [3.63, 3.8) is 0 Å². The Bertz CT molecular complexity index is 609. The lowest BCUT2D eigenvalue weighted by Crippen LogP contribution is -2.26. The fourth-order valence-corrected chi connectivity index (χ4v) is 2.74. The molecule has 4 nitrogen and oxygen atoms in total. The number of hydrogen-bond acceptors (Lipinski definition) is 4. The number of aromatic nitrogens is 2. The highest BCUT2D eigenvalue weighted by Crippen LogP contribution is 2.26. The van der Waals surface area contributed by atoms with Crippen LogP contribution in [0.3, 0.4) is 0 Å². The minimum absolute atomic E-state index is 0.782. The van der Waals surface area contributed by atoms with Gasteiger partial charge in [-0.1, -0.05) is 26.0 Å². The molecule has 0 aliphatic carbocycles. The minimum atomic E-state index is 0.782. The molecule has 1 N–H and O–H groups in total. The highest BCUT2D eigenvalue weighted by atomic mass is 79.9. The Morgan fingerprint density at radius 2 is 1.77 bits per heavy atom. The molecule has 0 aliphatic rings. The fourth-order valence-electron chi connectivity index (χ4n) is 2.36. The maximum absolute atomic E-state index is 4.60. The average molecular weight is 363 g/mol. The summed E-state index contributed by atoms with van der Waals surface area (Å²) in [4.78, 5) is 11.4. The van der Waals surface area contributed by atoms with Crippen LogP contribution >= 0.6 is 15.9 Å². The number of hydrogen-bond donors (Lipinski definition) is 1. The number of anilines is 3. The fraction of sp³-hybridized carbons (Fsp3) is 0.412. The van der Waals surface area contributed by atoms with Crippen molar-refractivity contribution in [1.82, 2.24) is 9.97 Å². The van der Waals surface area contributed by atoms with E-state index in [-0.39, 0.29) is 0 Å². The van der Waals surface area contributed by atoms with Crippen molar-refractivity contribution in [1.29, 1.82) is 0 Å². The number of rotatable bonds is 7. The van der Waals surface area contributed by atoms with Crippen molar-refractivity contribution >= 4 is 33.3 Å². The first-order chi connectivity index (χ1) is 10.6. The molecule has 0 amide bonds. The van der Waals surface area contributed by atoms with E-state index < -0.39 is 0 Å². The number of aryl methyl sites for hydroxylation is 1. The Morgan fingerprint density at radius 3 is 2.41 bits per heavy atom. The van der Waals surface area contributed by atoms with Gasteiger partial charge >= 0.3 is 0 Å². The summed E-state index contributed by atoms with van der Waals surface area (Å²) in [5.74, 6) is 2.60. The summed E-state index contributed by atoms with van der Waals surface area (Å²) in [6.45, 7) is 8.34. The van der Waals surface area contributed by atoms with Crippen molar-refractivity contribution in [3.05, 3.63) is 40.6 Å². The zero-order chi connectivity index (χ0) is 15.9. The van der Waals surface area contributed by atoms with Gasteiger partial charge in [0, 0.05) is 23.6 Å². The van der Waals surface area contributed by atoms with E-state index in [1.165, 1.54) is 0 Å². The lowest BCUT2D eigenvalue weighted by Gasteiger charge is -2.23. The zero-order valence-electron chi connectivity index (χ0n) is 13.4. The monoisotopic (exact) mass is 362 g/mol. The third kappa shape index (κ3) is 4.44. The smallest absolute Gasteiger partial charge is 0.136 e. The molecule has 2 aromatic rings. The predicted molar refractivity (Wildman–Crippen MR) is 97.0 cm³/mol. The average Bonchev–Trinajstić information content (AvgIpc) is 2.49. The number of para-hydroxylation sites is 1. The second-order valence-corrected chi connectivity index (χ2v) is 6.10. The van der Waals surface area contributed by atoms with Crippen LogP contribution in [-0.4, -0.2) is 23.1 Å². The molecule has 0 unspecified atom stereocenters. The van der Waals surface area contributed by atoms with Crippen LogP contribution in [0.5, 0.6) is 0 Å². The number of nitrogens with zero attached hydrogens (tertiary/aromatic N) is 3. The van der Waals surface area contributed by atoms with Crippen LogP contribution in [0.2, 0.25) is 0 Å². The van der Waals surface area contributed by atoms with E-state index in [0.29, 0.717) is 0 Å². The highest BCUT2D eigenvalue weighted by Gasteiger charge is 2.10. The van der Waals surface area contributed by atoms with E-state index in [9.17, 15) is 0 Å². The molecule has 1 heterocycles. The van der Waals surface area contributed by atoms with Gasteiger partial charge in [-0.25, -0.2) is 9.97 Å². The third-order valence-electron chi connectivity index (χ3n) is 3.27. The van der Waals surface area contributed by atoms with Crippen LogP contribution < -0.4 is 10.2 Å².